The van der Waals surface area contributed by atoms with Crippen molar-refractivity contribution in [1.29, 1.82) is 0 Å². The summed E-state index contributed by atoms with van der Waals surface area (Å²) in [6.45, 7) is 0.797. The molecule has 7 heteroatoms. The highest BCUT2D eigenvalue weighted by Gasteiger charge is 2.38. The zero-order valence-electron chi connectivity index (χ0n) is 8.52. The first-order valence-corrected chi connectivity index (χ1v) is 5.22. The van der Waals surface area contributed by atoms with Gasteiger partial charge in [0.25, 0.3) is 0 Å². The summed E-state index contributed by atoms with van der Waals surface area (Å²) in [7, 11) is 0. The monoisotopic (exact) mass is 314 g/mol. The zero-order chi connectivity index (χ0) is 13.2. The first-order chi connectivity index (χ1) is 7.75. The summed E-state index contributed by atoms with van der Waals surface area (Å²) in [6.07, 6.45) is -6.41. The van der Waals surface area contributed by atoms with E-state index < -0.39 is 18.1 Å². The lowest BCUT2D eigenvalue weighted by Crippen LogP contribution is -2.31. The van der Waals surface area contributed by atoms with E-state index >= 15 is 0 Å². The molecule has 1 atom stereocenters. The van der Waals surface area contributed by atoms with E-state index in [1.807, 2.05) is 0 Å². The van der Waals surface area contributed by atoms with Crippen molar-refractivity contribution in [2.75, 3.05) is 0 Å². The normalized spacial score (nSPS) is 13.3. The first kappa shape index (κ1) is 14.0. The van der Waals surface area contributed by atoms with Crippen LogP contribution in [0.4, 0.5) is 17.6 Å². The Morgan fingerprint density at radius 3 is 2.47 bits per heavy atom. The molecule has 94 valence electrons. The van der Waals surface area contributed by atoms with Crippen LogP contribution in [-0.4, -0.2) is 18.6 Å². The Bertz CT molecular complexity index is 431. The van der Waals surface area contributed by atoms with E-state index in [0.29, 0.717) is 0 Å². The van der Waals surface area contributed by atoms with Crippen molar-refractivity contribution in [2.24, 2.45) is 0 Å². The van der Waals surface area contributed by atoms with Crippen LogP contribution < -0.4 is 4.74 Å². The second-order valence-electron chi connectivity index (χ2n) is 3.22. The Kier molecular flexibility index (Phi) is 4.13. The molecule has 0 radical (unpaired) electrons. The van der Waals surface area contributed by atoms with E-state index in [4.69, 9.17) is 0 Å². The van der Waals surface area contributed by atoms with Gasteiger partial charge in [0.1, 0.15) is 11.6 Å². The molecule has 0 amide bonds. The molecule has 1 rings (SSSR count). The molecule has 0 saturated heterocycles. The lowest BCUT2D eigenvalue weighted by Gasteiger charge is -2.18. The van der Waals surface area contributed by atoms with Crippen molar-refractivity contribution in [2.45, 2.75) is 19.2 Å². The summed E-state index contributed by atoms with van der Waals surface area (Å²) in [4.78, 5) is 10.6. The van der Waals surface area contributed by atoms with Crippen LogP contribution in [0.25, 0.3) is 0 Å². The van der Waals surface area contributed by atoms with Crippen LogP contribution >= 0.6 is 15.9 Å². The number of aldehydes is 1. The van der Waals surface area contributed by atoms with Gasteiger partial charge in [0.2, 0.25) is 0 Å². The molecule has 0 bridgehead atoms. The van der Waals surface area contributed by atoms with Gasteiger partial charge in [0, 0.05) is 0 Å². The maximum Gasteiger partial charge on any atom is 0.425 e. The van der Waals surface area contributed by atoms with Crippen LogP contribution in [0.1, 0.15) is 17.3 Å². The number of hydrogen-bond donors (Lipinski definition) is 0. The Hall–Kier alpha value is -1.11. The Labute approximate surface area is 103 Å². The van der Waals surface area contributed by atoms with Gasteiger partial charge in [-0.15, -0.1) is 0 Å². The molecule has 0 aliphatic rings. The lowest BCUT2D eigenvalue weighted by molar-refractivity contribution is -0.189. The van der Waals surface area contributed by atoms with Crippen LogP contribution in [-0.2, 0) is 0 Å². The summed E-state index contributed by atoms with van der Waals surface area (Å²) >= 11 is 2.80. The molecular weight excluding hydrogens is 308 g/mol. The minimum Gasteiger partial charge on any atom is -0.480 e. The molecule has 17 heavy (non-hydrogen) atoms. The number of hydrogen-bond acceptors (Lipinski definition) is 2. The number of halogens is 5. The maximum absolute atomic E-state index is 13.0. The third-order valence-corrected chi connectivity index (χ3v) is 2.55. The van der Waals surface area contributed by atoms with Crippen LogP contribution in [0.2, 0.25) is 0 Å². The SMILES string of the molecule is C[C@H](Oc1cc(Br)c(F)cc1C=O)C(F)(F)F. The molecule has 0 aliphatic heterocycles. The van der Waals surface area contributed by atoms with E-state index in [9.17, 15) is 22.4 Å². The predicted octanol–water partition coefficient (Wildman–Crippen LogP) is 3.73. The molecule has 1 aromatic rings. The van der Waals surface area contributed by atoms with E-state index in [0.717, 1.165) is 19.1 Å². The molecule has 0 N–H and O–H groups in total. The van der Waals surface area contributed by atoms with Crippen molar-refractivity contribution >= 4 is 22.2 Å². The van der Waals surface area contributed by atoms with E-state index in [1.54, 1.807) is 0 Å². The van der Waals surface area contributed by atoms with Gasteiger partial charge >= 0.3 is 6.18 Å². The van der Waals surface area contributed by atoms with Crippen molar-refractivity contribution in [1.82, 2.24) is 0 Å². The summed E-state index contributed by atoms with van der Waals surface area (Å²) in [5.41, 5.74) is -0.276. The molecule has 0 saturated carbocycles. The fourth-order valence-corrected chi connectivity index (χ4v) is 1.32. The topological polar surface area (TPSA) is 26.3 Å². The number of rotatable bonds is 3. The Balaban J connectivity index is 3.06. The van der Waals surface area contributed by atoms with Gasteiger partial charge in [-0.3, -0.25) is 4.79 Å². The van der Waals surface area contributed by atoms with Crippen molar-refractivity contribution < 1.29 is 27.1 Å². The highest BCUT2D eigenvalue weighted by molar-refractivity contribution is 9.10. The number of carbonyl (C=O) groups excluding carboxylic acids is 1. The van der Waals surface area contributed by atoms with Gasteiger partial charge in [-0.2, -0.15) is 13.2 Å². The third kappa shape index (κ3) is 3.42. The molecule has 2 nitrogen and oxygen atoms in total. The van der Waals surface area contributed by atoms with Gasteiger partial charge in [-0.25, -0.2) is 4.39 Å². The van der Waals surface area contributed by atoms with Gasteiger partial charge in [-0.1, -0.05) is 0 Å². The average Bonchev–Trinajstić information content (AvgIpc) is 2.21. The van der Waals surface area contributed by atoms with Crippen LogP contribution in [0.3, 0.4) is 0 Å². The number of ether oxygens (including phenoxy) is 1. The highest BCUT2D eigenvalue weighted by Crippen LogP contribution is 2.30. The number of alkyl halides is 3. The van der Waals surface area contributed by atoms with E-state index in [2.05, 4.69) is 20.7 Å². The summed E-state index contributed by atoms with van der Waals surface area (Å²) < 4.78 is 54.3. The molecule has 1 aromatic carbocycles. The standard InChI is InChI=1S/C10H7BrF4O2/c1-5(10(13,14)15)17-9-3-7(11)8(12)2-6(9)4-16/h2-5H,1H3/t5-/m0/s1. The largest absolute Gasteiger partial charge is 0.480 e. The van der Waals surface area contributed by atoms with E-state index in [-0.39, 0.29) is 22.1 Å². The first-order valence-electron chi connectivity index (χ1n) is 4.43. The highest BCUT2D eigenvalue weighted by atomic mass is 79.9. The minimum atomic E-state index is -4.55. The number of benzene rings is 1. The van der Waals surface area contributed by atoms with Crippen LogP contribution in [0.5, 0.6) is 5.75 Å². The zero-order valence-corrected chi connectivity index (χ0v) is 10.1. The predicted molar refractivity (Wildman–Crippen MR) is 55.6 cm³/mol. The minimum absolute atomic E-state index is 0.0764. The third-order valence-electron chi connectivity index (χ3n) is 1.94. The fraction of sp³-hybridized carbons (Fsp3) is 0.300. The molecular formula is C10H7BrF4O2. The van der Waals surface area contributed by atoms with Gasteiger partial charge in [0.05, 0.1) is 10.0 Å². The summed E-state index contributed by atoms with van der Waals surface area (Å²) in [5, 5.41) is 0. The second kappa shape index (κ2) is 5.03. The summed E-state index contributed by atoms with van der Waals surface area (Å²) in [6, 6.07) is 1.79. The molecule has 0 heterocycles. The van der Waals surface area contributed by atoms with Crippen molar-refractivity contribution in [3.63, 3.8) is 0 Å². The smallest absolute Gasteiger partial charge is 0.425 e. The quantitative estimate of drug-likeness (QED) is 0.627. The average molecular weight is 315 g/mol. The second-order valence-corrected chi connectivity index (χ2v) is 4.08. The Morgan fingerprint density at radius 2 is 2.00 bits per heavy atom. The number of carbonyl (C=O) groups is 1. The Morgan fingerprint density at radius 1 is 1.41 bits per heavy atom. The lowest BCUT2D eigenvalue weighted by atomic mass is 10.2. The molecule has 0 spiro atoms. The summed E-state index contributed by atoms with van der Waals surface area (Å²) in [5.74, 6) is -1.07. The molecule has 0 aromatic heterocycles. The van der Waals surface area contributed by atoms with E-state index in [1.165, 1.54) is 0 Å². The fourth-order valence-electron chi connectivity index (χ4n) is 0.995. The van der Waals surface area contributed by atoms with Gasteiger partial charge in [0.15, 0.2) is 12.4 Å². The van der Waals surface area contributed by atoms with Crippen molar-refractivity contribution in [3.05, 3.63) is 28.0 Å². The molecule has 0 unspecified atom stereocenters. The molecule has 0 aliphatic carbocycles. The van der Waals surface area contributed by atoms with Crippen molar-refractivity contribution in [3.8, 4) is 5.75 Å². The van der Waals surface area contributed by atoms with Crippen LogP contribution in [0, 0.1) is 5.82 Å². The molecule has 0 fully saturated rings. The maximum atomic E-state index is 13.0. The van der Waals surface area contributed by atoms with Gasteiger partial charge < -0.3 is 4.74 Å². The van der Waals surface area contributed by atoms with Gasteiger partial charge in [-0.05, 0) is 35.0 Å². The van der Waals surface area contributed by atoms with Crippen LogP contribution in [0.15, 0.2) is 16.6 Å².